The normalized spacial score (nSPS) is 12.6. The Bertz CT molecular complexity index is 420. The monoisotopic (exact) mass is 301 g/mol. The average Bonchev–Trinajstić information content (AvgIpc) is 2.26. The molecule has 0 aromatic heterocycles. The minimum atomic E-state index is -0.354. The second kappa shape index (κ2) is 5.63. The summed E-state index contributed by atoms with van der Waals surface area (Å²) in [6.07, 6.45) is 0. The summed E-state index contributed by atoms with van der Waals surface area (Å²) < 4.78 is 13.4. The Morgan fingerprint density at radius 2 is 1.94 bits per heavy atom. The van der Waals surface area contributed by atoms with Gasteiger partial charge in [0.25, 0.3) is 5.91 Å². The van der Waals surface area contributed by atoms with Crippen molar-refractivity contribution in [1.82, 2.24) is 4.90 Å². The number of nitrogens with zero attached hydrogens (tertiary/aromatic N) is 1. The molecular formula is C13H17BrFNO. The molecule has 1 rings (SSSR count). The van der Waals surface area contributed by atoms with Crippen molar-refractivity contribution in [3.63, 3.8) is 0 Å². The second-order valence-corrected chi connectivity index (χ2v) is 5.38. The first-order chi connectivity index (χ1) is 7.84. The predicted molar refractivity (Wildman–Crippen MR) is 70.5 cm³/mol. The van der Waals surface area contributed by atoms with Gasteiger partial charge in [-0.2, -0.15) is 0 Å². The fraction of sp³-hybridized carbons (Fsp3) is 0.462. The lowest BCUT2D eigenvalue weighted by atomic mass is 10.0. The highest BCUT2D eigenvalue weighted by Crippen LogP contribution is 2.21. The van der Waals surface area contributed by atoms with Crippen LogP contribution in [-0.2, 0) is 0 Å². The molecule has 0 saturated heterocycles. The van der Waals surface area contributed by atoms with Crippen LogP contribution in [0.3, 0.4) is 0 Å². The van der Waals surface area contributed by atoms with Crippen LogP contribution in [0.4, 0.5) is 4.39 Å². The van der Waals surface area contributed by atoms with Crippen molar-refractivity contribution in [2.45, 2.75) is 26.8 Å². The van der Waals surface area contributed by atoms with E-state index in [4.69, 9.17) is 0 Å². The first kappa shape index (κ1) is 14.2. The minimum absolute atomic E-state index is 0.0990. The minimum Gasteiger partial charge on any atom is -0.339 e. The Labute approximate surface area is 110 Å². The largest absolute Gasteiger partial charge is 0.339 e. The lowest BCUT2D eigenvalue weighted by Crippen LogP contribution is -2.38. The summed E-state index contributed by atoms with van der Waals surface area (Å²) in [5.74, 6) is -0.0748. The number of halogens is 2. The topological polar surface area (TPSA) is 20.3 Å². The van der Waals surface area contributed by atoms with E-state index < -0.39 is 0 Å². The smallest absolute Gasteiger partial charge is 0.254 e. The van der Waals surface area contributed by atoms with Gasteiger partial charge in [-0.1, -0.05) is 13.8 Å². The fourth-order valence-corrected chi connectivity index (χ4v) is 2.01. The van der Waals surface area contributed by atoms with Crippen LogP contribution in [-0.4, -0.2) is 23.9 Å². The molecule has 0 heterocycles. The molecule has 0 aliphatic carbocycles. The Morgan fingerprint density at radius 1 is 1.35 bits per heavy atom. The van der Waals surface area contributed by atoms with Crippen molar-refractivity contribution < 1.29 is 9.18 Å². The van der Waals surface area contributed by atoms with Crippen LogP contribution >= 0.6 is 15.9 Å². The second-order valence-electron chi connectivity index (χ2n) is 4.52. The fourth-order valence-electron chi connectivity index (χ4n) is 1.49. The third-order valence-corrected chi connectivity index (χ3v) is 3.71. The lowest BCUT2D eigenvalue weighted by Gasteiger charge is -2.28. The van der Waals surface area contributed by atoms with Gasteiger partial charge in [0, 0.05) is 17.6 Å². The molecule has 0 fully saturated rings. The van der Waals surface area contributed by atoms with Crippen LogP contribution in [0.15, 0.2) is 22.7 Å². The Kier molecular flexibility index (Phi) is 4.69. The molecule has 0 radical (unpaired) electrons. The van der Waals surface area contributed by atoms with E-state index in [2.05, 4.69) is 29.8 Å². The molecule has 0 bridgehead atoms. The maximum absolute atomic E-state index is 12.9. The number of carbonyl (C=O) groups excluding carboxylic acids is 1. The standard InChI is InChI=1S/C13H17BrFNO/c1-8(2)9(3)16(4)13(17)11-6-5-10(15)7-12(11)14/h5-9H,1-4H3. The van der Waals surface area contributed by atoms with Gasteiger partial charge in [0.1, 0.15) is 5.82 Å². The number of carbonyl (C=O) groups is 1. The lowest BCUT2D eigenvalue weighted by molar-refractivity contribution is 0.0706. The molecule has 0 N–H and O–H groups in total. The van der Waals surface area contributed by atoms with Crippen LogP contribution in [0.1, 0.15) is 31.1 Å². The van der Waals surface area contributed by atoms with Gasteiger partial charge in [-0.3, -0.25) is 4.79 Å². The number of amides is 1. The van der Waals surface area contributed by atoms with Crippen LogP contribution in [0.25, 0.3) is 0 Å². The summed E-state index contributed by atoms with van der Waals surface area (Å²) >= 11 is 3.21. The summed E-state index contributed by atoms with van der Waals surface area (Å²) in [5.41, 5.74) is 0.487. The highest BCUT2D eigenvalue weighted by atomic mass is 79.9. The maximum Gasteiger partial charge on any atom is 0.254 e. The van der Waals surface area contributed by atoms with Crippen LogP contribution in [0, 0.1) is 11.7 Å². The Balaban J connectivity index is 2.96. The van der Waals surface area contributed by atoms with Gasteiger partial charge in [0.2, 0.25) is 0 Å². The molecule has 0 spiro atoms. The number of benzene rings is 1. The summed E-state index contributed by atoms with van der Waals surface area (Å²) in [7, 11) is 1.77. The van der Waals surface area contributed by atoms with E-state index in [-0.39, 0.29) is 17.8 Å². The molecule has 1 atom stereocenters. The van der Waals surface area contributed by atoms with Crippen LogP contribution in [0.2, 0.25) is 0 Å². The quantitative estimate of drug-likeness (QED) is 0.833. The highest BCUT2D eigenvalue weighted by Gasteiger charge is 2.21. The summed E-state index contributed by atoms with van der Waals surface area (Å²) in [5, 5.41) is 0. The zero-order chi connectivity index (χ0) is 13.2. The number of hydrogen-bond acceptors (Lipinski definition) is 1. The molecule has 0 aliphatic rings. The molecule has 0 aliphatic heterocycles. The van der Waals surface area contributed by atoms with E-state index >= 15 is 0 Å². The molecule has 1 aromatic rings. The summed E-state index contributed by atoms with van der Waals surface area (Å²) in [4.78, 5) is 13.9. The molecule has 4 heteroatoms. The zero-order valence-electron chi connectivity index (χ0n) is 10.5. The molecule has 0 saturated carbocycles. The van der Waals surface area contributed by atoms with E-state index in [0.717, 1.165) is 0 Å². The van der Waals surface area contributed by atoms with Gasteiger partial charge in [-0.15, -0.1) is 0 Å². The molecule has 17 heavy (non-hydrogen) atoms. The van der Waals surface area contributed by atoms with E-state index in [1.54, 1.807) is 11.9 Å². The zero-order valence-corrected chi connectivity index (χ0v) is 12.1. The van der Waals surface area contributed by atoms with Crippen molar-refractivity contribution in [1.29, 1.82) is 0 Å². The average molecular weight is 302 g/mol. The molecule has 1 unspecified atom stereocenters. The van der Waals surface area contributed by atoms with E-state index in [1.165, 1.54) is 18.2 Å². The number of hydrogen-bond donors (Lipinski definition) is 0. The van der Waals surface area contributed by atoms with Gasteiger partial charge in [0.05, 0.1) is 5.56 Å². The highest BCUT2D eigenvalue weighted by molar-refractivity contribution is 9.10. The van der Waals surface area contributed by atoms with Crippen molar-refractivity contribution in [2.75, 3.05) is 7.05 Å². The van der Waals surface area contributed by atoms with Gasteiger partial charge in [0.15, 0.2) is 0 Å². The molecule has 94 valence electrons. The molecule has 1 amide bonds. The van der Waals surface area contributed by atoms with Crippen LogP contribution in [0.5, 0.6) is 0 Å². The summed E-state index contributed by atoms with van der Waals surface area (Å²) in [6.45, 7) is 6.13. The molecule has 2 nitrogen and oxygen atoms in total. The van der Waals surface area contributed by atoms with Gasteiger partial charge in [-0.05, 0) is 47.0 Å². The third kappa shape index (κ3) is 3.28. The van der Waals surface area contributed by atoms with Crippen molar-refractivity contribution >= 4 is 21.8 Å². The molecular weight excluding hydrogens is 285 g/mol. The first-order valence-electron chi connectivity index (χ1n) is 5.56. The van der Waals surface area contributed by atoms with Crippen molar-refractivity contribution in [3.8, 4) is 0 Å². The van der Waals surface area contributed by atoms with Gasteiger partial charge < -0.3 is 4.90 Å². The van der Waals surface area contributed by atoms with Crippen molar-refractivity contribution in [2.24, 2.45) is 5.92 Å². The molecule has 1 aromatic carbocycles. The SMILES string of the molecule is CC(C)C(C)N(C)C(=O)c1ccc(F)cc1Br. The van der Waals surface area contributed by atoms with E-state index in [9.17, 15) is 9.18 Å². The first-order valence-corrected chi connectivity index (χ1v) is 6.36. The number of rotatable bonds is 3. The third-order valence-electron chi connectivity index (χ3n) is 3.06. The van der Waals surface area contributed by atoms with E-state index in [1.807, 2.05) is 6.92 Å². The predicted octanol–water partition coefficient (Wildman–Crippen LogP) is 3.70. The Hall–Kier alpha value is -0.900. The van der Waals surface area contributed by atoms with Gasteiger partial charge in [-0.25, -0.2) is 4.39 Å². The maximum atomic E-state index is 12.9. The summed E-state index contributed by atoms with van der Waals surface area (Å²) in [6, 6.07) is 4.25. The Morgan fingerprint density at radius 3 is 2.41 bits per heavy atom. The van der Waals surface area contributed by atoms with Gasteiger partial charge >= 0.3 is 0 Å². The van der Waals surface area contributed by atoms with Crippen molar-refractivity contribution in [3.05, 3.63) is 34.1 Å². The van der Waals surface area contributed by atoms with E-state index in [0.29, 0.717) is 16.0 Å². The van der Waals surface area contributed by atoms with Crippen LogP contribution < -0.4 is 0 Å².